The summed E-state index contributed by atoms with van der Waals surface area (Å²) in [5.74, 6) is 0.900. The summed E-state index contributed by atoms with van der Waals surface area (Å²) in [5, 5.41) is 7.52. The van der Waals surface area contributed by atoms with Gasteiger partial charge in [0.2, 0.25) is 11.7 Å². The normalized spacial score (nSPS) is 21.9. The highest BCUT2D eigenvalue weighted by Gasteiger charge is 2.32. The van der Waals surface area contributed by atoms with E-state index < -0.39 is 5.82 Å². The van der Waals surface area contributed by atoms with Crippen LogP contribution in [0.1, 0.15) is 38.0 Å². The van der Waals surface area contributed by atoms with Crippen molar-refractivity contribution in [3.05, 3.63) is 34.9 Å². The lowest BCUT2D eigenvalue weighted by atomic mass is 10.0. The van der Waals surface area contributed by atoms with Gasteiger partial charge in [-0.25, -0.2) is 4.39 Å². The smallest absolute Gasteiger partial charge is 0.231 e. The summed E-state index contributed by atoms with van der Waals surface area (Å²) in [6.45, 7) is 3.02. The van der Waals surface area contributed by atoms with Crippen LogP contribution in [0, 0.1) is 5.82 Å². The summed E-state index contributed by atoms with van der Waals surface area (Å²) < 4.78 is 18.6. The highest BCUT2D eigenvalue weighted by molar-refractivity contribution is 6.31. The highest BCUT2D eigenvalue weighted by Crippen LogP contribution is 2.34. The molecule has 0 bridgehead atoms. The molecule has 1 aliphatic rings. The van der Waals surface area contributed by atoms with Crippen molar-refractivity contribution < 1.29 is 8.91 Å². The molecule has 0 radical (unpaired) electrons. The van der Waals surface area contributed by atoms with Crippen molar-refractivity contribution in [1.29, 1.82) is 0 Å². The van der Waals surface area contributed by atoms with Crippen molar-refractivity contribution in [1.82, 2.24) is 15.5 Å². The molecule has 4 nitrogen and oxygen atoms in total. The first-order chi connectivity index (χ1) is 10.2. The topological polar surface area (TPSA) is 51.0 Å². The molecule has 3 rings (SSSR count). The van der Waals surface area contributed by atoms with Gasteiger partial charge in [0, 0.05) is 11.6 Å². The minimum absolute atomic E-state index is 0.0604. The predicted molar refractivity (Wildman–Crippen MR) is 78.8 cm³/mol. The van der Waals surface area contributed by atoms with Gasteiger partial charge in [0.25, 0.3) is 0 Å². The Kier molecular flexibility index (Phi) is 4.22. The van der Waals surface area contributed by atoms with E-state index in [1.807, 2.05) is 0 Å². The molecule has 1 aromatic heterocycles. The zero-order valence-corrected chi connectivity index (χ0v) is 12.5. The molecule has 1 N–H and O–H groups in total. The van der Waals surface area contributed by atoms with E-state index in [4.69, 9.17) is 16.1 Å². The van der Waals surface area contributed by atoms with Gasteiger partial charge in [0.05, 0.1) is 10.9 Å². The van der Waals surface area contributed by atoms with Crippen LogP contribution in [0.2, 0.25) is 5.02 Å². The number of rotatable bonds is 4. The molecule has 0 spiro atoms. The second-order valence-corrected chi connectivity index (χ2v) is 5.69. The number of nitrogens with one attached hydrogen (secondary N) is 1. The first kappa shape index (κ1) is 14.5. The number of hydrogen-bond donors (Lipinski definition) is 1. The molecular weight excluding hydrogens is 293 g/mol. The third-order valence-electron chi connectivity index (χ3n) is 3.92. The van der Waals surface area contributed by atoms with E-state index in [2.05, 4.69) is 22.4 Å². The fourth-order valence-corrected chi connectivity index (χ4v) is 3.08. The number of benzene rings is 1. The first-order valence-electron chi connectivity index (χ1n) is 7.21. The number of likely N-dealkylation sites (N-methyl/N-ethyl adjacent to an activating group) is 1. The van der Waals surface area contributed by atoms with Crippen LogP contribution < -0.4 is 5.32 Å². The molecule has 1 aliphatic carbocycles. The van der Waals surface area contributed by atoms with Crippen molar-refractivity contribution in [2.24, 2.45) is 0 Å². The Morgan fingerprint density at radius 1 is 1.43 bits per heavy atom. The number of hydrogen-bond acceptors (Lipinski definition) is 4. The molecular formula is C15H17ClFN3O. The average molecular weight is 310 g/mol. The van der Waals surface area contributed by atoms with E-state index in [9.17, 15) is 4.39 Å². The lowest BCUT2D eigenvalue weighted by molar-refractivity contribution is 0.332. The minimum atomic E-state index is -0.452. The minimum Gasteiger partial charge on any atom is -0.339 e. The Morgan fingerprint density at radius 2 is 2.29 bits per heavy atom. The Balaban J connectivity index is 1.84. The molecule has 2 unspecified atom stereocenters. The van der Waals surface area contributed by atoms with E-state index in [-0.39, 0.29) is 10.9 Å². The van der Waals surface area contributed by atoms with Gasteiger partial charge in [-0.2, -0.15) is 4.98 Å². The largest absolute Gasteiger partial charge is 0.339 e. The third kappa shape index (κ3) is 2.94. The van der Waals surface area contributed by atoms with Gasteiger partial charge in [-0.15, -0.1) is 0 Å². The van der Waals surface area contributed by atoms with Gasteiger partial charge in [0.1, 0.15) is 5.82 Å². The third-order valence-corrected chi connectivity index (χ3v) is 4.21. The van der Waals surface area contributed by atoms with Gasteiger partial charge in [-0.1, -0.05) is 30.1 Å². The van der Waals surface area contributed by atoms with E-state index in [0.717, 1.165) is 25.8 Å². The van der Waals surface area contributed by atoms with E-state index in [1.54, 1.807) is 6.07 Å². The molecule has 1 aromatic carbocycles. The quantitative estimate of drug-likeness (QED) is 0.934. The van der Waals surface area contributed by atoms with Crippen LogP contribution in [-0.4, -0.2) is 22.7 Å². The summed E-state index contributed by atoms with van der Waals surface area (Å²) in [6.07, 6.45) is 3.32. The van der Waals surface area contributed by atoms with Crippen molar-refractivity contribution in [2.75, 3.05) is 6.54 Å². The molecule has 1 fully saturated rings. The second-order valence-electron chi connectivity index (χ2n) is 5.29. The van der Waals surface area contributed by atoms with Gasteiger partial charge in [0.15, 0.2) is 0 Å². The first-order valence-corrected chi connectivity index (χ1v) is 7.59. The molecule has 6 heteroatoms. The predicted octanol–water partition coefficient (Wildman–Crippen LogP) is 3.77. The number of aromatic nitrogens is 2. The zero-order chi connectivity index (χ0) is 14.8. The lowest BCUT2D eigenvalue weighted by Crippen LogP contribution is -2.31. The van der Waals surface area contributed by atoms with Gasteiger partial charge >= 0.3 is 0 Å². The van der Waals surface area contributed by atoms with Crippen LogP contribution >= 0.6 is 11.6 Å². The standard InChI is InChI=1S/C15H17ClFN3O/c1-2-18-13-5-3-4-10(13)15-19-14(20-21-15)9-6-7-12(17)11(16)8-9/h6-8,10,13,18H,2-5H2,1H3. The van der Waals surface area contributed by atoms with Gasteiger partial charge < -0.3 is 9.84 Å². The van der Waals surface area contributed by atoms with Gasteiger partial charge in [-0.05, 0) is 37.6 Å². The molecule has 0 aliphatic heterocycles. The monoisotopic (exact) mass is 309 g/mol. The Hall–Kier alpha value is -1.46. The number of halogens is 2. The van der Waals surface area contributed by atoms with Crippen LogP contribution in [0.15, 0.2) is 22.7 Å². The summed E-state index contributed by atoms with van der Waals surface area (Å²) in [5.41, 5.74) is 0.661. The van der Waals surface area contributed by atoms with Crippen LogP contribution in [0.4, 0.5) is 4.39 Å². The van der Waals surface area contributed by atoms with E-state index in [1.165, 1.54) is 12.1 Å². The van der Waals surface area contributed by atoms with E-state index in [0.29, 0.717) is 23.3 Å². The van der Waals surface area contributed by atoms with Crippen LogP contribution in [0.25, 0.3) is 11.4 Å². The van der Waals surface area contributed by atoms with Crippen LogP contribution in [0.5, 0.6) is 0 Å². The fraction of sp³-hybridized carbons (Fsp3) is 0.467. The highest BCUT2D eigenvalue weighted by atomic mass is 35.5. The van der Waals surface area contributed by atoms with Crippen LogP contribution in [0.3, 0.4) is 0 Å². The van der Waals surface area contributed by atoms with Crippen molar-refractivity contribution >= 4 is 11.6 Å². The van der Waals surface area contributed by atoms with Crippen molar-refractivity contribution in [2.45, 2.75) is 38.1 Å². The average Bonchev–Trinajstić information content (AvgIpc) is 3.10. The lowest BCUT2D eigenvalue weighted by Gasteiger charge is -2.16. The van der Waals surface area contributed by atoms with Crippen LogP contribution in [-0.2, 0) is 0 Å². The Morgan fingerprint density at radius 3 is 3.05 bits per heavy atom. The SMILES string of the molecule is CCNC1CCCC1c1nc(-c2ccc(F)c(Cl)c2)no1. The molecule has 0 amide bonds. The van der Waals surface area contributed by atoms with Gasteiger partial charge in [-0.3, -0.25) is 0 Å². The maximum Gasteiger partial charge on any atom is 0.231 e. The molecule has 1 heterocycles. The van der Waals surface area contributed by atoms with Crippen molar-refractivity contribution in [3.63, 3.8) is 0 Å². The van der Waals surface area contributed by atoms with Crippen molar-refractivity contribution in [3.8, 4) is 11.4 Å². The van der Waals surface area contributed by atoms with E-state index >= 15 is 0 Å². The molecule has 2 aromatic rings. The molecule has 112 valence electrons. The zero-order valence-electron chi connectivity index (χ0n) is 11.8. The summed E-state index contributed by atoms with van der Waals surface area (Å²) in [6, 6.07) is 4.82. The molecule has 0 saturated heterocycles. The summed E-state index contributed by atoms with van der Waals surface area (Å²) >= 11 is 5.79. The summed E-state index contributed by atoms with van der Waals surface area (Å²) in [7, 11) is 0. The number of nitrogens with zero attached hydrogens (tertiary/aromatic N) is 2. The Labute approximate surface area is 127 Å². The molecule has 21 heavy (non-hydrogen) atoms. The maximum atomic E-state index is 13.2. The maximum absolute atomic E-state index is 13.2. The fourth-order valence-electron chi connectivity index (χ4n) is 2.90. The Bertz CT molecular complexity index is 631. The second kappa shape index (κ2) is 6.12. The molecule has 2 atom stereocenters. The molecule has 1 saturated carbocycles. The summed E-state index contributed by atoms with van der Waals surface area (Å²) in [4.78, 5) is 4.47.